The average Bonchev–Trinajstić information content (AvgIpc) is 3.45. The number of halogens is 1. The van der Waals surface area contributed by atoms with Gasteiger partial charge < -0.3 is 9.88 Å². The molecule has 0 aliphatic heterocycles. The molecule has 1 aliphatic rings. The van der Waals surface area contributed by atoms with E-state index in [9.17, 15) is 14.0 Å². The maximum Gasteiger partial charge on any atom is 0.283 e. The molecule has 2 amide bonds. The number of aryl methyl sites for hydroxylation is 1. The molecule has 0 bridgehead atoms. The molecule has 29 heavy (non-hydrogen) atoms. The van der Waals surface area contributed by atoms with Crippen LogP contribution in [-0.2, 0) is 0 Å². The topological polar surface area (TPSA) is 115 Å². The Kier molecular flexibility index (Phi) is 4.81. The van der Waals surface area contributed by atoms with E-state index in [0.29, 0.717) is 17.2 Å². The van der Waals surface area contributed by atoms with E-state index in [1.165, 1.54) is 30.3 Å². The fourth-order valence-corrected chi connectivity index (χ4v) is 3.06. The van der Waals surface area contributed by atoms with Crippen molar-refractivity contribution in [1.82, 2.24) is 20.0 Å². The molecule has 2 aromatic heterocycles. The van der Waals surface area contributed by atoms with Crippen molar-refractivity contribution in [3.8, 4) is 5.69 Å². The Morgan fingerprint density at radius 3 is 2.76 bits per heavy atom. The Bertz CT molecular complexity index is 1110. The van der Waals surface area contributed by atoms with Crippen LogP contribution in [-0.4, -0.2) is 26.3 Å². The Balaban J connectivity index is 1.62. The molecular formula is C20H19FN6O2. The van der Waals surface area contributed by atoms with Crippen molar-refractivity contribution >= 4 is 17.6 Å². The fraction of sp³-hybridized carbons (Fsp3) is 0.200. The number of rotatable bonds is 5. The summed E-state index contributed by atoms with van der Waals surface area (Å²) in [6.07, 6.45) is 5.84. The van der Waals surface area contributed by atoms with Crippen molar-refractivity contribution in [2.24, 2.45) is 5.84 Å². The van der Waals surface area contributed by atoms with Gasteiger partial charge in [0, 0.05) is 12.1 Å². The first kappa shape index (κ1) is 18.8. The second-order valence-electron chi connectivity index (χ2n) is 6.93. The number of amides is 2. The van der Waals surface area contributed by atoms with Gasteiger partial charge in [0.15, 0.2) is 0 Å². The van der Waals surface area contributed by atoms with Crippen LogP contribution in [0, 0.1) is 12.7 Å². The van der Waals surface area contributed by atoms with Gasteiger partial charge in [0.25, 0.3) is 11.8 Å². The summed E-state index contributed by atoms with van der Waals surface area (Å²) in [6, 6.07) is 7.27. The average molecular weight is 394 g/mol. The predicted octanol–water partition coefficient (Wildman–Crippen LogP) is 2.45. The third-order valence-corrected chi connectivity index (χ3v) is 4.76. The monoisotopic (exact) mass is 394 g/mol. The van der Waals surface area contributed by atoms with Crippen LogP contribution in [0.15, 0.2) is 42.9 Å². The molecule has 1 saturated carbocycles. The number of carbonyl (C=O) groups is 2. The number of hydrogen-bond donors (Lipinski definition) is 3. The van der Waals surface area contributed by atoms with Gasteiger partial charge in [-0.05, 0) is 49.6 Å². The quantitative estimate of drug-likeness (QED) is 0.349. The highest BCUT2D eigenvalue weighted by atomic mass is 19.1. The highest BCUT2D eigenvalue weighted by Crippen LogP contribution is 2.39. The van der Waals surface area contributed by atoms with E-state index in [-0.39, 0.29) is 17.1 Å². The van der Waals surface area contributed by atoms with Crippen molar-refractivity contribution in [3.05, 3.63) is 71.2 Å². The van der Waals surface area contributed by atoms with Crippen LogP contribution in [0.4, 0.5) is 10.2 Å². The predicted molar refractivity (Wildman–Crippen MR) is 104 cm³/mol. The first-order chi connectivity index (χ1) is 14.0. The molecule has 0 saturated heterocycles. The largest absolute Gasteiger partial charge is 0.306 e. The maximum atomic E-state index is 14.5. The third kappa shape index (κ3) is 3.85. The highest BCUT2D eigenvalue weighted by molar-refractivity contribution is 6.04. The fourth-order valence-electron chi connectivity index (χ4n) is 3.06. The van der Waals surface area contributed by atoms with Crippen molar-refractivity contribution in [1.29, 1.82) is 0 Å². The van der Waals surface area contributed by atoms with E-state index in [0.717, 1.165) is 18.5 Å². The molecule has 0 atom stereocenters. The third-order valence-electron chi connectivity index (χ3n) is 4.76. The maximum absolute atomic E-state index is 14.5. The Labute approximate surface area is 165 Å². The first-order valence-corrected chi connectivity index (χ1v) is 9.10. The molecule has 1 fully saturated rings. The molecular weight excluding hydrogens is 375 g/mol. The Hall–Kier alpha value is -3.59. The van der Waals surface area contributed by atoms with Crippen molar-refractivity contribution in [2.45, 2.75) is 25.7 Å². The van der Waals surface area contributed by atoms with Crippen LogP contribution in [0.5, 0.6) is 0 Å². The number of benzene rings is 1. The standard InChI is InChI=1S/C20H19FN6O2/c1-11-7-14(21)13(8-17(11)27-9-16(23-10-27)12-5-6-12)19(28)25-18-4-2-3-15(24-18)20(29)26-22/h2-4,7-10,12H,5-6,22H2,1H3,(H,26,29)(H,24,25,28). The van der Waals surface area contributed by atoms with E-state index < -0.39 is 17.6 Å². The van der Waals surface area contributed by atoms with Gasteiger partial charge in [-0.1, -0.05) is 6.07 Å². The van der Waals surface area contributed by atoms with E-state index in [2.05, 4.69) is 15.3 Å². The zero-order valence-corrected chi connectivity index (χ0v) is 15.6. The minimum atomic E-state index is -0.677. The van der Waals surface area contributed by atoms with Crippen LogP contribution >= 0.6 is 0 Å². The van der Waals surface area contributed by atoms with Crippen LogP contribution < -0.4 is 16.6 Å². The van der Waals surface area contributed by atoms with Gasteiger partial charge in [0.1, 0.15) is 17.3 Å². The second kappa shape index (κ2) is 7.44. The summed E-state index contributed by atoms with van der Waals surface area (Å²) in [5.74, 6) is 3.76. The van der Waals surface area contributed by atoms with Gasteiger partial charge in [0.05, 0.1) is 23.3 Å². The van der Waals surface area contributed by atoms with Crippen molar-refractivity contribution in [2.75, 3.05) is 5.32 Å². The molecule has 0 unspecified atom stereocenters. The minimum Gasteiger partial charge on any atom is -0.306 e. The van der Waals surface area contributed by atoms with Crippen LogP contribution in [0.3, 0.4) is 0 Å². The molecule has 3 aromatic rings. The molecule has 9 heteroatoms. The molecule has 0 radical (unpaired) electrons. The van der Waals surface area contributed by atoms with Gasteiger partial charge in [0.2, 0.25) is 0 Å². The number of hydrogen-bond acceptors (Lipinski definition) is 5. The lowest BCUT2D eigenvalue weighted by molar-refractivity contribution is 0.0947. The number of anilines is 1. The molecule has 0 spiro atoms. The number of aromatic nitrogens is 3. The lowest BCUT2D eigenvalue weighted by Gasteiger charge is -2.11. The van der Waals surface area contributed by atoms with Crippen LogP contribution in [0.2, 0.25) is 0 Å². The summed E-state index contributed by atoms with van der Waals surface area (Å²) < 4.78 is 16.3. The SMILES string of the molecule is Cc1cc(F)c(C(=O)Nc2cccc(C(=O)NN)n2)cc1-n1cnc(C2CC2)c1. The number of hydrazine groups is 1. The summed E-state index contributed by atoms with van der Waals surface area (Å²) in [5, 5.41) is 2.51. The number of nitrogens with one attached hydrogen (secondary N) is 2. The summed E-state index contributed by atoms with van der Waals surface area (Å²) in [7, 11) is 0. The zero-order valence-electron chi connectivity index (χ0n) is 15.6. The number of imidazole rings is 1. The summed E-state index contributed by atoms with van der Waals surface area (Å²) in [6.45, 7) is 1.77. The summed E-state index contributed by atoms with van der Waals surface area (Å²) >= 11 is 0. The van der Waals surface area contributed by atoms with E-state index in [1.807, 2.05) is 11.6 Å². The number of nitrogens with zero attached hydrogens (tertiary/aromatic N) is 3. The summed E-state index contributed by atoms with van der Waals surface area (Å²) in [5.41, 5.74) is 4.20. The molecule has 1 aliphatic carbocycles. The smallest absolute Gasteiger partial charge is 0.283 e. The summed E-state index contributed by atoms with van der Waals surface area (Å²) in [4.78, 5) is 32.7. The molecule has 1 aromatic carbocycles. The lowest BCUT2D eigenvalue weighted by atomic mass is 10.1. The van der Waals surface area contributed by atoms with Gasteiger partial charge in [-0.25, -0.2) is 20.2 Å². The van der Waals surface area contributed by atoms with Crippen LogP contribution in [0.25, 0.3) is 5.69 Å². The molecule has 2 heterocycles. The number of nitrogens with two attached hydrogens (primary N) is 1. The van der Waals surface area contributed by atoms with E-state index >= 15 is 0 Å². The molecule has 4 rings (SSSR count). The zero-order chi connectivity index (χ0) is 20.5. The Morgan fingerprint density at radius 2 is 2.03 bits per heavy atom. The van der Waals surface area contributed by atoms with E-state index in [4.69, 9.17) is 5.84 Å². The van der Waals surface area contributed by atoms with Crippen molar-refractivity contribution < 1.29 is 14.0 Å². The molecule has 148 valence electrons. The van der Waals surface area contributed by atoms with Crippen LogP contribution in [0.1, 0.15) is 50.9 Å². The number of pyridine rings is 1. The van der Waals surface area contributed by atoms with E-state index in [1.54, 1.807) is 17.8 Å². The highest BCUT2D eigenvalue weighted by Gasteiger charge is 2.26. The van der Waals surface area contributed by atoms with Gasteiger partial charge in [-0.2, -0.15) is 0 Å². The number of carbonyl (C=O) groups excluding carboxylic acids is 2. The minimum absolute atomic E-state index is 0.0291. The molecule has 4 N–H and O–H groups in total. The first-order valence-electron chi connectivity index (χ1n) is 9.10. The molecule has 8 nitrogen and oxygen atoms in total. The van der Waals surface area contributed by atoms with Gasteiger partial charge >= 0.3 is 0 Å². The number of nitrogen functional groups attached to an aromatic ring is 1. The second-order valence-corrected chi connectivity index (χ2v) is 6.93. The Morgan fingerprint density at radius 1 is 1.24 bits per heavy atom. The lowest BCUT2D eigenvalue weighted by Crippen LogP contribution is -2.30. The van der Waals surface area contributed by atoms with Crippen molar-refractivity contribution in [3.63, 3.8) is 0 Å². The van der Waals surface area contributed by atoms with Gasteiger partial charge in [-0.3, -0.25) is 15.0 Å². The van der Waals surface area contributed by atoms with Gasteiger partial charge in [-0.15, -0.1) is 0 Å². The normalized spacial score (nSPS) is 13.2.